The number of nitrogens with zero attached hydrogens (tertiary/aromatic N) is 2. The van der Waals surface area contributed by atoms with Crippen LogP contribution in [0.4, 0.5) is 0 Å². The Kier molecular flexibility index (Phi) is 9.09. The minimum absolute atomic E-state index is 0. The average Bonchev–Trinajstić information content (AvgIpc) is 3.49. The van der Waals surface area contributed by atoms with E-state index in [9.17, 15) is 0 Å². The van der Waals surface area contributed by atoms with Crippen molar-refractivity contribution in [3.63, 3.8) is 0 Å². The fourth-order valence-corrected chi connectivity index (χ4v) is 9.72. The molecule has 0 atom stereocenters. The number of hydrogen-bond acceptors (Lipinski definition) is 3. The summed E-state index contributed by atoms with van der Waals surface area (Å²) in [5.41, 5.74) is 8.23. The zero-order valence-corrected chi connectivity index (χ0v) is 33.2. The van der Waals surface area contributed by atoms with Crippen molar-refractivity contribution in [2.45, 2.75) is 58.2 Å². The molecule has 0 unspecified atom stereocenters. The van der Waals surface area contributed by atoms with E-state index < -0.39 is 27.0 Å². The first-order chi connectivity index (χ1) is 25.4. The summed E-state index contributed by atoms with van der Waals surface area (Å²) >= 11 is -1.77. The molecule has 3 heterocycles. The normalized spacial score (nSPS) is 13.7. The van der Waals surface area contributed by atoms with Gasteiger partial charge in [-0.15, -0.1) is 18.2 Å². The molecule has 251 valence electrons. The maximum atomic E-state index is 8.33. The van der Waals surface area contributed by atoms with E-state index in [4.69, 9.17) is 12.6 Å². The minimum atomic E-state index is -2.47. The van der Waals surface area contributed by atoms with Crippen molar-refractivity contribution in [2.75, 3.05) is 0 Å². The first-order valence-corrected chi connectivity index (χ1v) is 23.7. The Bertz CT molecular complexity index is 2420. The Morgan fingerprint density at radius 1 is 0.816 bits per heavy atom. The maximum absolute atomic E-state index is 8.33. The van der Waals surface area contributed by atoms with Gasteiger partial charge in [-0.25, -0.2) is 0 Å². The molecule has 0 aliphatic heterocycles. The molecule has 3 aromatic heterocycles. The molecule has 0 fully saturated rings. The van der Waals surface area contributed by atoms with Crippen molar-refractivity contribution in [3.05, 3.63) is 138 Å². The number of hydrogen-bond donors (Lipinski definition) is 0. The molecule has 0 bridgehead atoms. The number of fused-ring (bicyclic) bond motifs is 3. The molecule has 0 saturated heterocycles. The van der Waals surface area contributed by atoms with Gasteiger partial charge in [0.25, 0.3) is 0 Å². The summed E-state index contributed by atoms with van der Waals surface area (Å²) in [6.07, 6.45) is 4.77. The third-order valence-electron chi connectivity index (χ3n) is 8.43. The van der Waals surface area contributed by atoms with Gasteiger partial charge in [0.2, 0.25) is 0 Å². The van der Waals surface area contributed by atoms with Crippen LogP contribution in [0.15, 0.2) is 108 Å². The second-order valence-electron chi connectivity index (χ2n) is 13.7. The van der Waals surface area contributed by atoms with Crippen molar-refractivity contribution in [2.24, 2.45) is 5.92 Å². The SMILES string of the molecule is Cc1cc(-c2[c-]cccc2)nc[c]1[Ge]([CH3])([CH3])[CH3].[2H]C([2H])([2H])c1ccc(-c2ccc3c(oc4c(-c5cc(CC(C)C)ccn5)[c-]ccc43)c2C([2H])([2H])[2H])cc1.[Ir]. The van der Waals surface area contributed by atoms with Crippen LogP contribution in [0.1, 0.15) is 44.3 Å². The topological polar surface area (TPSA) is 38.9 Å². The van der Waals surface area contributed by atoms with Gasteiger partial charge in [-0.2, -0.15) is 0 Å². The fourth-order valence-electron chi connectivity index (χ4n) is 6.14. The van der Waals surface area contributed by atoms with Crippen LogP contribution in [0.5, 0.6) is 0 Å². The van der Waals surface area contributed by atoms with E-state index in [0.29, 0.717) is 33.6 Å². The monoisotopic (exact) mass is 889 g/mol. The van der Waals surface area contributed by atoms with Crippen molar-refractivity contribution in [1.82, 2.24) is 9.97 Å². The smallest absolute Gasteiger partial charge is 0.124 e. The molecule has 0 aliphatic rings. The van der Waals surface area contributed by atoms with Crippen LogP contribution in [-0.4, -0.2) is 23.2 Å². The number of pyridine rings is 2. The predicted molar refractivity (Wildman–Crippen MR) is 205 cm³/mol. The minimum Gasteiger partial charge on any atom is -0.500 e. The summed E-state index contributed by atoms with van der Waals surface area (Å²) in [5.74, 6) is 7.70. The van der Waals surface area contributed by atoms with Gasteiger partial charge in [-0.3, -0.25) is 0 Å². The summed E-state index contributed by atoms with van der Waals surface area (Å²) in [5, 5.41) is 1.48. The summed E-state index contributed by atoms with van der Waals surface area (Å²) in [4.78, 5) is 9.15. The maximum Gasteiger partial charge on any atom is 0.124 e. The standard InChI is InChI=1S/C29H26NO.C15H18GeN.Ir/c1-18(2)16-21-14-15-30-27(17-21)26-7-5-6-24-25-13-12-23(20(4)28(25)31-29(24)26)22-10-8-19(3)9-11-22;1-12-10-15(13-8-6-5-7-9-13)17-11-14(12)16(2,3)4;/h5-6,8-15,17-18H,16H2,1-4H3;5-8,10-11H,1-4H3;/q2*-1;/i3D3,4D3;;. The first-order valence-electron chi connectivity index (χ1n) is 19.3. The molecule has 0 N–H and O–H groups in total. The zero-order chi connectivity index (χ0) is 39.0. The second-order valence-corrected chi connectivity index (χ2v) is 24.3. The van der Waals surface area contributed by atoms with Gasteiger partial charge in [-0.1, -0.05) is 78.4 Å². The number of aromatic nitrogens is 2. The molecule has 0 amide bonds. The van der Waals surface area contributed by atoms with Crippen LogP contribution in [0.2, 0.25) is 17.3 Å². The molecule has 4 aromatic carbocycles. The van der Waals surface area contributed by atoms with Crippen molar-refractivity contribution in [3.8, 4) is 33.6 Å². The molecule has 7 rings (SSSR count). The summed E-state index contributed by atoms with van der Waals surface area (Å²) in [6.45, 7) is 1.82. The Labute approximate surface area is 316 Å². The number of aryl methyl sites for hydroxylation is 3. The van der Waals surface area contributed by atoms with Gasteiger partial charge >= 0.3 is 106 Å². The van der Waals surface area contributed by atoms with Gasteiger partial charge in [-0.05, 0) is 54.5 Å². The Morgan fingerprint density at radius 2 is 1.61 bits per heavy atom. The summed E-state index contributed by atoms with van der Waals surface area (Å²) < 4.78 is 55.7. The Balaban J connectivity index is 0.000000271. The fraction of sp³-hybridized carbons (Fsp3) is 0.227. The molecular weight excluding hydrogens is 837 g/mol. The summed E-state index contributed by atoms with van der Waals surface area (Å²) in [7, 11) is 0. The predicted octanol–water partition coefficient (Wildman–Crippen LogP) is 11.3. The molecule has 1 radical (unpaired) electrons. The molecule has 0 spiro atoms. The third-order valence-corrected chi connectivity index (χ3v) is 12.9. The van der Waals surface area contributed by atoms with E-state index in [2.05, 4.69) is 78.5 Å². The van der Waals surface area contributed by atoms with Gasteiger partial charge in [0.15, 0.2) is 0 Å². The van der Waals surface area contributed by atoms with Crippen LogP contribution in [-0.2, 0) is 26.5 Å². The molecule has 0 saturated carbocycles. The molecular formula is C44H44GeIrN2O-2. The van der Waals surface area contributed by atoms with E-state index in [1.807, 2.05) is 42.5 Å². The van der Waals surface area contributed by atoms with E-state index in [-0.39, 0.29) is 36.8 Å². The number of benzene rings is 4. The van der Waals surface area contributed by atoms with Gasteiger partial charge < -0.3 is 9.40 Å². The van der Waals surface area contributed by atoms with Crippen molar-refractivity contribution >= 4 is 39.6 Å². The Morgan fingerprint density at radius 3 is 2.29 bits per heavy atom. The van der Waals surface area contributed by atoms with Crippen molar-refractivity contribution < 1.29 is 32.7 Å². The quantitative estimate of drug-likeness (QED) is 0.123. The third kappa shape index (κ3) is 8.15. The molecule has 3 nitrogen and oxygen atoms in total. The average molecular weight is 888 g/mol. The van der Waals surface area contributed by atoms with Gasteiger partial charge in [0.1, 0.15) is 5.58 Å². The van der Waals surface area contributed by atoms with E-state index in [1.54, 1.807) is 30.5 Å². The Hall–Kier alpha value is -3.83. The van der Waals surface area contributed by atoms with Crippen LogP contribution < -0.4 is 4.40 Å². The van der Waals surface area contributed by atoms with E-state index in [0.717, 1.165) is 34.3 Å². The van der Waals surface area contributed by atoms with E-state index in [1.165, 1.54) is 22.1 Å². The van der Waals surface area contributed by atoms with Crippen LogP contribution in [0.25, 0.3) is 55.6 Å². The van der Waals surface area contributed by atoms with E-state index >= 15 is 0 Å². The number of furan rings is 1. The van der Waals surface area contributed by atoms with Crippen LogP contribution in [0.3, 0.4) is 0 Å². The largest absolute Gasteiger partial charge is 0.500 e. The number of rotatable bonds is 6. The summed E-state index contributed by atoms with van der Waals surface area (Å²) in [6, 6.07) is 34.3. The van der Waals surface area contributed by atoms with Gasteiger partial charge in [0.05, 0.1) is 5.58 Å². The molecule has 5 heteroatoms. The molecule has 49 heavy (non-hydrogen) atoms. The van der Waals surface area contributed by atoms with Crippen LogP contribution >= 0.6 is 0 Å². The van der Waals surface area contributed by atoms with Gasteiger partial charge in [0, 0.05) is 39.9 Å². The molecule has 0 aliphatic carbocycles. The first kappa shape index (κ1) is 29.0. The zero-order valence-electron chi connectivity index (χ0n) is 34.7. The second kappa shape index (κ2) is 15.4. The molecule has 7 aromatic rings. The van der Waals surface area contributed by atoms with Crippen molar-refractivity contribution in [1.29, 1.82) is 0 Å². The van der Waals surface area contributed by atoms with Crippen LogP contribution in [0, 0.1) is 38.7 Å².